The number of aliphatic hydroxyl groups excluding tert-OH is 1. The van der Waals surface area contributed by atoms with E-state index in [2.05, 4.69) is 10.6 Å². The third-order valence-corrected chi connectivity index (χ3v) is 4.21. The number of benzene rings is 2. The second kappa shape index (κ2) is 9.53. The highest BCUT2D eigenvalue weighted by atomic mass is 16.3. The number of hydrogen-bond acceptors (Lipinski definition) is 9. The Morgan fingerprint density at radius 2 is 1.41 bits per heavy atom. The lowest BCUT2D eigenvalue weighted by molar-refractivity contribution is -0.122. The van der Waals surface area contributed by atoms with Crippen molar-refractivity contribution in [2.75, 3.05) is 37.3 Å². The Bertz CT molecular complexity index is 944. The van der Waals surface area contributed by atoms with Crippen LogP contribution in [0.3, 0.4) is 0 Å². The first kappa shape index (κ1) is 21.7. The van der Waals surface area contributed by atoms with Crippen molar-refractivity contribution in [1.29, 1.82) is 0 Å². The predicted octanol–water partition coefficient (Wildman–Crippen LogP) is 0.150. The van der Waals surface area contributed by atoms with Gasteiger partial charge in [0.1, 0.15) is 11.5 Å². The summed E-state index contributed by atoms with van der Waals surface area (Å²) in [7, 11) is 0. The van der Waals surface area contributed by atoms with Gasteiger partial charge in [-0.2, -0.15) is 0 Å². The Kier molecular flexibility index (Phi) is 7.12. The summed E-state index contributed by atoms with van der Waals surface area (Å²) in [6.07, 6.45) is 0. The van der Waals surface area contributed by atoms with Crippen LogP contribution in [0.2, 0.25) is 0 Å². The SMILES string of the molecule is Nc1ccc(NCCNCCO)c2c1C(=O)c1c(O)ccc(O)c1C2=O.O=CO. The van der Waals surface area contributed by atoms with Crippen molar-refractivity contribution in [2.45, 2.75) is 0 Å². The molecule has 8 N–H and O–H groups in total. The third kappa shape index (κ3) is 4.28. The molecule has 0 saturated heterocycles. The summed E-state index contributed by atoms with van der Waals surface area (Å²) in [5, 5.41) is 41.8. The van der Waals surface area contributed by atoms with Crippen molar-refractivity contribution in [3.05, 3.63) is 46.5 Å². The molecule has 10 nitrogen and oxygen atoms in total. The molecule has 0 saturated carbocycles. The molecule has 0 aromatic heterocycles. The number of phenols is 2. The maximum Gasteiger partial charge on any atom is 0.290 e. The molecule has 0 spiro atoms. The molecule has 0 aliphatic heterocycles. The smallest absolute Gasteiger partial charge is 0.290 e. The van der Waals surface area contributed by atoms with Crippen LogP contribution in [0.5, 0.6) is 11.5 Å². The second-order valence-electron chi connectivity index (χ2n) is 5.97. The number of aliphatic hydroxyl groups is 1. The Hall–Kier alpha value is -3.63. The molecule has 0 bridgehead atoms. The summed E-state index contributed by atoms with van der Waals surface area (Å²) < 4.78 is 0. The number of hydrogen-bond donors (Lipinski definition) is 7. The summed E-state index contributed by atoms with van der Waals surface area (Å²) in [5.74, 6) is -1.95. The number of rotatable bonds is 6. The van der Waals surface area contributed by atoms with E-state index >= 15 is 0 Å². The number of ketones is 2. The molecule has 10 heteroatoms. The highest BCUT2D eigenvalue weighted by Crippen LogP contribution is 2.41. The molecular weight excluding hydrogens is 382 g/mol. The van der Waals surface area contributed by atoms with E-state index in [-0.39, 0.29) is 52.5 Å². The van der Waals surface area contributed by atoms with Gasteiger partial charge in [0, 0.05) is 31.0 Å². The Labute approximate surface area is 165 Å². The van der Waals surface area contributed by atoms with Gasteiger partial charge in [-0.25, -0.2) is 0 Å². The quantitative estimate of drug-likeness (QED) is 0.129. The van der Waals surface area contributed by atoms with Gasteiger partial charge in [0.25, 0.3) is 6.47 Å². The lowest BCUT2D eigenvalue weighted by Gasteiger charge is -2.23. The first-order chi connectivity index (χ1) is 13.9. The molecular formula is C19H21N3O7. The molecule has 2 aromatic carbocycles. The molecule has 0 atom stereocenters. The van der Waals surface area contributed by atoms with Crippen LogP contribution in [0.15, 0.2) is 24.3 Å². The average Bonchev–Trinajstić information content (AvgIpc) is 2.69. The second-order valence-corrected chi connectivity index (χ2v) is 5.97. The summed E-state index contributed by atoms with van der Waals surface area (Å²) in [4.78, 5) is 34.2. The summed E-state index contributed by atoms with van der Waals surface area (Å²) >= 11 is 0. The number of aromatic hydroxyl groups is 2. The molecule has 1 aliphatic rings. The van der Waals surface area contributed by atoms with E-state index in [1.165, 1.54) is 12.1 Å². The zero-order chi connectivity index (χ0) is 21.6. The number of fused-ring (bicyclic) bond motifs is 2. The Morgan fingerprint density at radius 1 is 0.862 bits per heavy atom. The van der Waals surface area contributed by atoms with Gasteiger partial charge in [0.15, 0.2) is 0 Å². The number of carbonyl (C=O) groups is 3. The van der Waals surface area contributed by atoms with Gasteiger partial charge in [-0.15, -0.1) is 0 Å². The molecule has 3 rings (SSSR count). The first-order valence-corrected chi connectivity index (χ1v) is 8.59. The fourth-order valence-electron chi connectivity index (χ4n) is 3.03. The van der Waals surface area contributed by atoms with Crippen molar-refractivity contribution >= 4 is 29.4 Å². The van der Waals surface area contributed by atoms with E-state index in [0.717, 1.165) is 6.07 Å². The summed E-state index contributed by atoms with van der Waals surface area (Å²) in [5.41, 5.74) is 6.07. The minimum absolute atomic E-state index is 0.0108. The maximum absolute atomic E-state index is 13.0. The largest absolute Gasteiger partial charge is 0.507 e. The monoisotopic (exact) mass is 403 g/mol. The van der Waals surface area contributed by atoms with Crippen LogP contribution >= 0.6 is 0 Å². The first-order valence-electron chi connectivity index (χ1n) is 8.59. The molecule has 2 aromatic rings. The third-order valence-electron chi connectivity index (χ3n) is 4.21. The van der Waals surface area contributed by atoms with Gasteiger partial charge in [0.05, 0.1) is 28.9 Å². The van der Waals surface area contributed by atoms with E-state index in [9.17, 15) is 19.8 Å². The van der Waals surface area contributed by atoms with E-state index in [0.29, 0.717) is 25.3 Å². The molecule has 1 aliphatic carbocycles. The van der Waals surface area contributed by atoms with Gasteiger partial charge >= 0.3 is 0 Å². The van der Waals surface area contributed by atoms with Crippen LogP contribution in [0.1, 0.15) is 31.8 Å². The number of phenolic OH excluding ortho intramolecular Hbond substituents is 2. The van der Waals surface area contributed by atoms with E-state index in [1.54, 1.807) is 6.07 Å². The van der Waals surface area contributed by atoms with E-state index in [1.807, 2.05) is 0 Å². The van der Waals surface area contributed by atoms with Crippen LogP contribution in [-0.4, -0.2) is 64.7 Å². The Balaban J connectivity index is 0.000000941. The van der Waals surface area contributed by atoms with Crippen molar-refractivity contribution in [1.82, 2.24) is 5.32 Å². The van der Waals surface area contributed by atoms with Gasteiger partial charge in [-0.1, -0.05) is 0 Å². The topological polar surface area (TPSA) is 182 Å². The molecule has 0 heterocycles. The summed E-state index contributed by atoms with van der Waals surface area (Å²) in [6.45, 7) is 1.18. The van der Waals surface area contributed by atoms with Crippen molar-refractivity contribution in [3.63, 3.8) is 0 Å². The number of carboxylic acid groups (broad SMARTS) is 1. The number of nitrogen functional groups attached to an aromatic ring is 1. The van der Waals surface area contributed by atoms with E-state index in [4.69, 9.17) is 20.7 Å². The molecule has 29 heavy (non-hydrogen) atoms. The standard InChI is InChI=1S/C18H19N3O5.CH2O2/c19-9-1-2-10(21-6-5-20-7-8-22)14-13(9)17(25)15-11(23)3-4-12(24)16(15)18(14)26;2-1-3/h1-4,20-24H,5-8,19H2;1H,(H,2,3). The van der Waals surface area contributed by atoms with Crippen LogP contribution in [0.25, 0.3) is 0 Å². The summed E-state index contributed by atoms with van der Waals surface area (Å²) in [6, 6.07) is 5.44. The van der Waals surface area contributed by atoms with Crippen LogP contribution in [-0.2, 0) is 4.79 Å². The lowest BCUT2D eigenvalue weighted by atomic mass is 9.81. The van der Waals surface area contributed by atoms with Crippen LogP contribution < -0.4 is 16.4 Å². The highest BCUT2D eigenvalue weighted by molar-refractivity contribution is 6.33. The van der Waals surface area contributed by atoms with Gasteiger partial charge in [-0.3, -0.25) is 14.4 Å². The molecule has 0 amide bonds. The Morgan fingerprint density at radius 3 is 1.97 bits per heavy atom. The van der Waals surface area contributed by atoms with Gasteiger partial charge in [0.2, 0.25) is 11.6 Å². The molecule has 0 radical (unpaired) electrons. The van der Waals surface area contributed by atoms with Crippen molar-refractivity contribution in [2.24, 2.45) is 0 Å². The minimum atomic E-state index is -0.609. The van der Waals surface area contributed by atoms with Crippen LogP contribution in [0.4, 0.5) is 11.4 Å². The van der Waals surface area contributed by atoms with Crippen molar-refractivity contribution < 1.29 is 34.8 Å². The fraction of sp³-hybridized carbons (Fsp3) is 0.211. The highest BCUT2D eigenvalue weighted by Gasteiger charge is 2.37. The number of nitrogens with one attached hydrogen (secondary N) is 2. The number of carbonyl (C=O) groups excluding carboxylic acids is 2. The maximum atomic E-state index is 13.0. The number of nitrogens with two attached hydrogens (primary N) is 1. The molecule has 0 unspecified atom stereocenters. The fourth-order valence-corrected chi connectivity index (χ4v) is 3.03. The number of anilines is 2. The van der Waals surface area contributed by atoms with Crippen LogP contribution in [0, 0.1) is 0 Å². The minimum Gasteiger partial charge on any atom is -0.507 e. The molecule has 154 valence electrons. The molecule has 0 fully saturated rings. The zero-order valence-corrected chi connectivity index (χ0v) is 15.3. The van der Waals surface area contributed by atoms with E-state index < -0.39 is 11.6 Å². The zero-order valence-electron chi connectivity index (χ0n) is 15.3. The lowest BCUT2D eigenvalue weighted by Crippen LogP contribution is -2.27. The average molecular weight is 403 g/mol. The normalized spacial score (nSPS) is 11.8. The van der Waals surface area contributed by atoms with Gasteiger partial charge in [-0.05, 0) is 24.3 Å². The van der Waals surface area contributed by atoms with Gasteiger partial charge < -0.3 is 36.8 Å². The predicted molar refractivity (Wildman–Crippen MR) is 105 cm³/mol. The van der Waals surface area contributed by atoms with Crippen molar-refractivity contribution in [3.8, 4) is 11.5 Å².